The summed E-state index contributed by atoms with van der Waals surface area (Å²) in [7, 11) is 2.53. The molecule has 0 saturated carbocycles. The Labute approximate surface area is 89.1 Å². The van der Waals surface area contributed by atoms with E-state index in [1.165, 1.54) is 17.8 Å². The van der Waals surface area contributed by atoms with Gasteiger partial charge < -0.3 is 0 Å². The SMILES string of the molecule is CCS(=O)(I)=S(=S)=S=S=S. The summed E-state index contributed by atoms with van der Waals surface area (Å²) in [6.07, 6.45) is 0. The molecule has 0 aromatic heterocycles. The van der Waals surface area contributed by atoms with Gasteiger partial charge in [-0.1, -0.05) is 6.92 Å². The van der Waals surface area contributed by atoms with Gasteiger partial charge in [0.15, 0.2) is 0 Å². The first-order chi connectivity index (χ1) is 4.54. The predicted octanol–water partition coefficient (Wildman–Crippen LogP) is 1.09. The van der Waals surface area contributed by atoms with Crippen LogP contribution in [0.15, 0.2) is 0 Å². The largest absolute Gasteiger partial charge is 0.246 e. The normalized spacial score (nSPS) is 15.4. The van der Waals surface area contributed by atoms with Gasteiger partial charge in [0.25, 0.3) is 0 Å². The van der Waals surface area contributed by atoms with E-state index >= 15 is 0 Å². The minimum atomic E-state index is -1.82. The zero-order valence-corrected chi connectivity index (χ0v) is 12.0. The Balaban J connectivity index is 6.04. The average Bonchev–Trinajstić information content (AvgIpc) is 1.89. The molecule has 0 radical (unpaired) electrons. The van der Waals surface area contributed by atoms with Gasteiger partial charge in [0, 0.05) is 27.0 Å². The van der Waals surface area contributed by atoms with Crippen molar-refractivity contribution >= 4 is 73.6 Å². The lowest BCUT2D eigenvalue weighted by molar-refractivity contribution is 0.692. The predicted molar refractivity (Wildman–Crippen MR) is 69.5 cm³/mol. The van der Waals surface area contributed by atoms with Crippen molar-refractivity contribution in [1.82, 2.24) is 0 Å². The summed E-state index contributed by atoms with van der Waals surface area (Å²) in [5.74, 6) is 0.642. The van der Waals surface area contributed by atoms with E-state index < -0.39 is 12.2 Å². The van der Waals surface area contributed by atoms with Gasteiger partial charge in [-0.25, -0.2) is 4.21 Å². The van der Waals surface area contributed by atoms with Crippen molar-refractivity contribution in [3.05, 3.63) is 0 Å². The van der Waals surface area contributed by atoms with Gasteiger partial charge in [-0.15, -0.1) is 0 Å². The number of rotatable bonds is 1. The summed E-state index contributed by atoms with van der Waals surface area (Å²) in [6.45, 7) is 1.38. The Morgan fingerprint density at radius 3 is 2.60 bits per heavy atom. The van der Waals surface area contributed by atoms with Crippen LogP contribution in [-0.2, 0) is 52.4 Å². The molecular formula is C2H5IOS6. The Kier molecular flexibility index (Phi) is 6.70. The van der Waals surface area contributed by atoms with E-state index in [-0.39, 0.29) is 0 Å². The monoisotopic (exact) mass is 364 g/mol. The van der Waals surface area contributed by atoms with Crippen molar-refractivity contribution < 1.29 is 4.21 Å². The van der Waals surface area contributed by atoms with E-state index in [1.807, 2.05) is 28.1 Å². The first kappa shape index (κ1) is 12.0. The fourth-order valence-electron chi connectivity index (χ4n) is 0.160. The zero-order chi connectivity index (χ0) is 8.20. The topological polar surface area (TPSA) is 17.1 Å². The van der Waals surface area contributed by atoms with Crippen LogP contribution in [0.5, 0.6) is 0 Å². The first-order valence-electron chi connectivity index (χ1n) is 2.15. The van der Waals surface area contributed by atoms with E-state index in [0.717, 1.165) is 0 Å². The highest BCUT2D eigenvalue weighted by Gasteiger charge is 1.93. The van der Waals surface area contributed by atoms with E-state index in [9.17, 15) is 4.21 Å². The second-order valence-electron chi connectivity index (χ2n) is 1.17. The summed E-state index contributed by atoms with van der Waals surface area (Å²) in [5, 5.41) is 0. The summed E-state index contributed by atoms with van der Waals surface area (Å²) in [6, 6.07) is 0. The Morgan fingerprint density at radius 1 is 1.80 bits per heavy atom. The molecule has 0 aromatic carbocycles. The summed E-state index contributed by atoms with van der Waals surface area (Å²) >= 11 is 11.6. The zero-order valence-electron chi connectivity index (χ0n) is 4.94. The van der Waals surface area contributed by atoms with Crippen LogP contribution in [0, 0.1) is 0 Å². The maximum atomic E-state index is 11.5. The average molecular weight is 364 g/mol. The molecule has 62 valence electrons. The van der Waals surface area contributed by atoms with Gasteiger partial charge in [0.1, 0.15) is 0 Å². The molecule has 0 spiro atoms. The fraction of sp³-hybridized carbons (Fsp3) is 1.00. The maximum Gasteiger partial charge on any atom is 0.0854 e. The van der Waals surface area contributed by atoms with Crippen LogP contribution in [0.2, 0.25) is 0 Å². The van der Waals surface area contributed by atoms with Gasteiger partial charge in [-0.2, -0.15) is 0 Å². The van der Waals surface area contributed by atoms with Crippen molar-refractivity contribution in [1.29, 1.82) is 0 Å². The Hall–Kier alpha value is 1.98. The van der Waals surface area contributed by atoms with E-state index in [1.54, 1.807) is 0 Å². The molecule has 8 heteroatoms. The molecule has 1 atom stereocenters. The van der Waals surface area contributed by atoms with Crippen LogP contribution in [0.1, 0.15) is 6.92 Å². The van der Waals surface area contributed by atoms with Gasteiger partial charge in [0.05, 0.1) is 5.66 Å². The molecule has 0 fully saturated rings. The highest BCUT2D eigenvalue weighted by Crippen LogP contribution is 2.02. The Bertz CT molecular complexity index is 385. The second kappa shape index (κ2) is 5.60. The van der Waals surface area contributed by atoms with E-state index in [0.29, 0.717) is 5.75 Å². The summed E-state index contributed by atoms with van der Waals surface area (Å²) in [4.78, 5) is 0. The molecule has 0 N–H and O–H groups in total. The molecule has 0 amide bonds. The van der Waals surface area contributed by atoms with Gasteiger partial charge in [0.2, 0.25) is 0 Å². The van der Waals surface area contributed by atoms with Crippen LogP contribution >= 0.6 is 21.2 Å². The second-order valence-corrected chi connectivity index (χ2v) is 19.3. The molecule has 1 nitrogen and oxygen atoms in total. The van der Waals surface area contributed by atoms with Gasteiger partial charge >= 0.3 is 0 Å². The third-order valence-corrected chi connectivity index (χ3v) is 23.8. The minimum absolute atomic E-state index is 0.507. The quantitative estimate of drug-likeness (QED) is 0.512. The van der Waals surface area contributed by atoms with Crippen molar-refractivity contribution in [3.63, 3.8) is 0 Å². The maximum absolute atomic E-state index is 11.5. The molecular weight excluding hydrogens is 359 g/mol. The standard InChI is InChI=1S/C2H5IOS6/c1-2-10(3,4)9(6)8-7-5/h2H2,1H3. The van der Waals surface area contributed by atoms with Gasteiger partial charge in [-0.05, 0) is 46.7 Å². The molecule has 0 saturated heterocycles. The number of halogens is 1. The molecule has 0 heterocycles. The smallest absolute Gasteiger partial charge is 0.0854 e. The highest BCUT2D eigenvalue weighted by molar-refractivity contribution is 14.2. The van der Waals surface area contributed by atoms with Crippen molar-refractivity contribution in [2.45, 2.75) is 6.92 Å². The van der Waals surface area contributed by atoms with Crippen LogP contribution in [-0.4, -0.2) is 9.96 Å². The van der Waals surface area contributed by atoms with E-state index in [4.69, 9.17) is 11.2 Å². The fourth-order valence-corrected chi connectivity index (χ4v) is 16.3. The molecule has 1 unspecified atom stereocenters. The molecule has 10 heavy (non-hydrogen) atoms. The highest BCUT2D eigenvalue weighted by atomic mass is 127. The summed E-state index contributed by atoms with van der Waals surface area (Å²) < 4.78 is 11.5. The van der Waals surface area contributed by atoms with Crippen molar-refractivity contribution in [2.24, 2.45) is 0 Å². The van der Waals surface area contributed by atoms with E-state index in [2.05, 4.69) is 11.2 Å². The molecule has 0 aliphatic carbocycles. The molecule has 0 aromatic rings. The van der Waals surface area contributed by atoms with Crippen LogP contribution in [0.3, 0.4) is 0 Å². The molecule has 0 aliphatic heterocycles. The third-order valence-electron chi connectivity index (χ3n) is 0.631. The number of hydrogen-bond donors (Lipinski definition) is 0. The molecule has 0 bridgehead atoms. The van der Waals surface area contributed by atoms with Crippen molar-refractivity contribution in [2.75, 3.05) is 5.75 Å². The molecule has 0 aliphatic rings. The van der Waals surface area contributed by atoms with Crippen LogP contribution < -0.4 is 0 Å². The lowest BCUT2D eigenvalue weighted by Crippen LogP contribution is -1.89. The van der Waals surface area contributed by atoms with Crippen LogP contribution in [0.4, 0.5) is 0 Å². The van der Waals surface area contributed by atoms with Gasteiger partial charge in [-0.3, -0.25) is 0 Å². The van der Waals surface area contributed by atoms with Crippen LogP contribution in [0.25, 0.3) is 0 Å². The summed E-state index contributed by atoms with van der Waals surface area (Å²) in [5.41, 5.74) is -1.82. The third kappa shape index (κ3) is 4.12. The van der Waals surface area contributed by atoms with Crippen molar-refractivity contribution in [3.8, 4) is 0 Å². The lowest BCUT2D eigenvalue weighted by atomic mass is 11.0. The minimum Gasteiger partial charge on any atom is -0.246 e. The Morgan fingerprint density at radius 2 is 2.30 bits per heavy atom. The first-order valence-corrected chi connectivity index (χ1v) is 12.7. The molecule has 0 rings (SSSR count). The lowest BCUT2D eigenvalue weighted by Gasteiger charge is -1.87. The number of hydrogen-bond acceptors (Lipinski definition) is 3.